The molecule has 0 bridgehead atoms. The Bertz CT molecular complexity index is 876. The molecule has 1 heterocycles. The van der Waals surface area contributed by atoms with Gasteiger partial charge in [0.05, 0.1) is 17.6 Å². The van der Waals surface area contributed by atoms with Crippen LogP contribution in [0.4, 0.5) is 17.6 Å². The van der Waals surface area contributed by atoms with Gasteiger partial charge in [0.1, 0.15) is 12.7 Å². The van der Waals surface area contributed by atoms with E-state index in [1.54, 1.807) is 18.2 Å². The van der Waals surface area contributed by atoms with E-state index in [1.165, 1.54) is 30.3 Å². The first-order valence-electron chi connectivity index (χ1n) is 7.44. The van der Waals surface area contributed by atoms with Crippen LogP contribution in [0.15, 0.2) is 48.5 Å². The SMILES string of the molecule is O[C@H](COc1ccccc1F)Cn1c(C(F)(F)F)nc2ccccc21. The Balaban J connectivity index is 1.81. The maximum atomic E-state index is 13.5. The molecule has 0 aliphatic carbocycles. The summed E-state index contributed by atoms with van der Waals surface area (Å²) >= 11 is 0. The van der Waals surface area contributed by atoms with Crippen LogP contribution in [-0.2, 0) is 12.7 Å². The van der Waals surface area contributed by atoms with Crippen molar-refractivity contribution in [3.63, 3.8) is 0 Å². The van der Waals surface area contributed by atoms with Crippen molar-refractivity contribution in [2.45, 2.75) is 18.8 Å². The monoisotopic (exact) mass is 354 g/mol. The minimum atomic E-state index is -4.66. The van der Waals surface area contributed by atoms with Crippen LogP contribution in [0.2, 0.25) is 0 Å². The lowest BCUT2D eigenvalue weighted by Gasteiger charge is -2.16. The molecule has 1 atom stereocenters. The normalized spacial score (nSPS) is 13.2. The maximum absolute atomic E-state index is 13.5. The highest BCUT2D eigenvalue weighted by molar-refractivity contribution is 5.76. The molecule has 0 saturated heterocycles. The lowest BCUT2D eigenvalue weighted by molar-refractivity contribution is -0.147. The Labute approximate surface area is 140 Å². The Kier molecular flexibility index (Phi) is 4.63. The fourth-order valence-electron chi connectivity index (χ4n) is 2.49. The molecule has 0 aliphatic heterocycles. The van der Waals surface area contributed by atoms with Crippen LogP contribution in [0.3, 0.4) is 0 Å². The van der Waals surface area contributed by atoms with Crippen LogP contribution < -0.4 is 4.74 Å². The molecule has 0 saturated carbocycles. The molecule has 132 valence electrons. The zero-order valence-electron chi connectivity index (χ0n) is 12.9. The molecular weight excluding hydrogens is 340 g/mol. The van der Waals surface area contributed by atoms with Gasteiger partial charge in [-0.3, -0.25) is 0 Å². The Morgan fingerprint density at radius 1 is 1.08 bits per heavy atom. The third kappa shape index (κ3) is 3.74. The molecule has 3 rings (SSSR count). The quantitative estimate of drug-likeness (QED) is 0.712. The van der Waals surface area contributed by atoms with E-state index in [9.17, 15) is 22.7 Å². The highest BCUT2D eigenvalue weighted by atomic mass is 19.4. The Hall–Kier alpha value is -2.61. The number of alkyl halides is 3. The first kappa shape index (κ1) is 17.2. The van der Waals surface area contributed by atoms with E-state index in [2.05, 4.69) is 4.98 Å². The standard InChI is InChI=1S/C17H14F4N2O2/c18-12-5-1-4-8-15(12)25-10-11(24)9-23-14-7-3-2-6-13(14)22-16(23)17(19,20)21/h1-8,11,24H,9-10H2/t11-/m0/s1. The van der Waals surface area contributed by atoms with Gasteiger partial charge < -0.3 is 14.4 Å². The number of rotatable bonds is 5. The summed E-state index contributed by atoms with van der Waals surface area (Å²) in [6.45, 7) is -0.742. The molecular formula is C17H14F4N2O2. The average molecular weight is 354 g/mol. The highest BCUT2D eigenvalue weighted by Gasteiger charge is 2.37. The molecule has 0 fully saturated rings. The third-order valence-corrected chi connectivity index (χ3v) is 3.57. The predicted octanol–water partition coefficient (Wildman–Crippen LogP) is 3.63. The van der Waals surface area contributed by atoms with Gasteiger partial charge in [-0.2, -0.15) is 13.2 Å². The van der Waals surface area contributed by atoms with Gasteiger partial charge in [0.25, 0.3) is 0 Å². The fourth-order valence-corrected chi connectivity index (χ4v) is 2.49. The summed E-state index contributed by atoms with van der Waals surface area (Å²) in [6, 6.07) is 11.7. The number of benzene rings is 2. The van der Waals surface area contributed by atoms with Crippen LogP contribution in [0.1, 0.15) is 5.82 Å². The molecule has 0 spiro atoms. The topological polar surface area (TPSA) is 47.3 Å². The second-order valence-electron chi connectivity index (χ2n) is 5.43. The molecule has 0 unspecified atom stereocenters. The first-order chi connectivity index (χ1) is 11.9. The smallest absolute Gasteiger partial charge is 0.449 e. The highest BCUT2D eigenvalue weighted by Crippen LogP contribution is 2.31. The molecule has 1 aromatic heterocycles. The van der Waals surface area contributed by atoms with Crippen LogP contribution in [-0.4, -0.2) is 27.4 Å². The summed E-state index contributed by atoms with van der Waals surface area (Å²) in [7, 11) is 0. The van der Waals surface area contributed by atoms with Gasteiger partial charge in [-0.05, 0) is 24.3 Å². The van der Waals surface area contributed by atoms with Crippen molar-refractivity contribution in [2.24, 2.45) is 0 Å². The van der Waals surface area contributed by atoms with Crippen molar-refractivity contribution < 1.29 is 27.4 Å². The van der Waals surface area contributed by atoms with Crippen molar-refractivity contribution in [1.82, 2.24) is 9.55 Å². The molecule has 0 aliphatic rings. The number of para-hydroxylation sites is 3. The largest absolute Gasteiger partial charge is 0.488 e. The van der Waals surface area contributed by atoms with Gasteiger partial charge in [0, 0.05) is 0 Å². The van der Waals surface area contributed by atoms with E-state index in [4.69, 9.17) is 4.74 Å². The van der Waals surface area contributed by atoms with Crippen molar-refractivity contribution >= 4 is 11.0 Å². The van der Waals surface area contributed by atoms with Gasteiger partial charge in [-0.25, -0.2) is 9.37 Å². The predicted molar refractivity (Wildman–Crippen MR) is 82.6 cm³/mol. The number of ether oxygens (including phenoxy) is 1. The third-order valence-electron chi connectivity index (χ3n) is 3.57. The van der Waals surface area contributed by atoms with Crippen molar-refractivity contribution in [3.05, 3.63) is 60.2 Å². The van der Waals surface area contributed by atoms with Crippen LogP contribution in [0.5, 0.6) is 5.75 Å². The fraction of sp³-hybridized carbons (Fsp3) is 0.235. The molecule has 2 aromatic carbocycles. The van der Waals surface area contributed by atoms with Gasteiger partial charge in [-0.1, -0.05) is 24.3 Å². The molecule has 0 radical (unpaired) electrons. The van der Waals surface area contributed by atoms with Gasteiger partial charge in [0.2, 0.25) is 5.82 Å². The van der Waals surface area contributed by atoms with E-state index in [0.29, 0.717) is 0 Å². The van der Waals surface area contributed by atoms with Crippen molar-refractivity contribution in [1.29, 1.82) is 0 Å². The number of imidazole rings is 1. The van der Waals surface area contributed by atoms with Gasteiger partial charge >= 0.3 is 6.18 Å². The number of aromatic nitrogens is 2. The second-order valence-corrected chi connectivity index (χ2v) is 5.43. The van der Waals surface area contributed by atoms with Crippen molar-refractivity contribution in [2.75, 3.05) is 6.61 Å². The summed E-state index contributed by atoms with van der Waals surface area (Å²) in [5.41, 5.74) is 0.428. The van der Waals surface area contributed by atoms with E-state index < -0.39 is 23.9 Å². The minimum absolute atomic E-state index is 0.0758. The van der Waals surface area contributed by atoms with Crippen molar-refractivity contribution in [3.8, 4) is 5.75 Å². The minimum Gasteiger partial charge on any atom is -0.488 e. The average Bonchev–Trinajstić information content (AvgIpc) is 2.93. The van der Waals surface area contributed by atoms with E-state index in [1.807, 2.05) is 0 Å². The Morgan fingerprint density at radius 3 is 2.48 bits per heavy atom. The summed E-state index contributed by atoms with van der Waals surface area (Å²) in [6.07, 6.45) is -5.94. The summed E-state index contributed by atoms with van der Waals surface area (Å²) in [5, 5.41) is 10.1. The molecule has 8 heteroatoms. The number of aliphatic hydroxyl groups is 1. The van der Waals surface area contributed by atoms with E-state index in [0.717, 1.165) is 4.57 Å². The first-order valence-corrected chi connectivity index (χ1v) is 7.44. The maximum Gasteiger partial charge on any atom is 0.449 e. The van der Waals surface area contributed by atoms with Crippen LogP contribution >= 0.6 is 0 Å². The van der Waals surface area contributed by atoms with Crippen LogP contribution in [0.25, 0.3) is 11.0 Å². The number of hydrogen-bond donors (Lipinski definition) is 1. The van der Waals surface area contributed by atoms with Gasteiger partial charge in [0.15, 0.2) is 11.6 Å². The number of hydrogen-bond acceptors (Lipinski definition) is 3. The summed E-state index contributed by atoms with van der Waals surface area (Å²) in [4.78, 5) is 3.60. The second kappa shape index (κ2) is 6.72. The number of aliphatic hydroxyl groups excluding tert-OH is 1. The molecule has 4 nitrogen and oxygen atoms in total. The van der Waals surface area contributed by atoms with E-state index in [-0.39, 0.29) is 29.9 Å². The Morgan fingerprint density at radius 2 is 1.76 bits per heavy atom. The van der Waals surface area contributed by atoms with Crippen LogP contribution in [0, 0.1) is 5.82 Å². The lowest BCUT2D eigenvalue weighted by atomic mass is 10.3. The zero-order valence-corrected chi connectivity index (χ0v) is 12.9. The number of nitrogens with zero attached hydrogens (tertiary/aromatic N) is 2. The molecule has 3 aromatic rings. The molecule has 25 heavy (non-hydrogen) atoms. The lowest BCUT2D eigenvalue weighted by Crippen LogP contribution is -2.26. The number of fused-ring (bicyclic) bond motifs is 1. The summed E-state index contributed by atoms with van der Waals surface area (Å²) in [5.74, 6) is -1.79. The molecule has 0 amide bonds. The molecule has 1 N–H and O–H groups in total. The zero-order chi connectivity index (χ0) is 18.0. The number of halogens is 4. The van der Waals surface area contributed by atoms with Gasteiger partial charge in [-0.15, -0.1) is 0 Å². The van der Waals surface area contributed by atoms with E-state index >= 15 is 0 Å². The summed E-state index contributed by atoms with van der Waals surface area (Å²) < 4.78 is 59.1.